The molecule has 1 amide bonds. The Morgan fingerprint density at radius 3 is 2.76 bits per heavy atom. The van der Waals surface area contributed by atoms with Gasteiger partial charge < -0.3 is 9.64 Å². The Bertz CT molecular complexity index is 642. The molecular weight excluding hydrogens is 292 g/mol. The molecule has 0 aliphatic carbocycles. The lowest BCUT2D eigenvalue weighted by atomic mass is 10.2. The second-order valence-electron chi connectivity index (χ2n) is 5.33. The average Bonchev–Trinajstić information content (AvgIpc) is 2.43. The minimum atomic E-state index is -3.58. The van der Waals surface area contributed by atoms with Crippen LogP contribution in [-0.4, -0.2) is 52.1 Å². The van der Waals surface area contributed by atoms with Crippen LogP contribution in [-0.2, 0) is 19.6 Å². The Labute approximate surface area is 125 Å². The van der Waals surface area contributed by atoms with Gasteiger partial charge in [0, 0.05) is 20.1 Å². The van der Waals surface area contributed by atoms with Gasteiger partial charge in [0.15, 0.2) is 0 Å². The zero-order valence-corrected chi connectivity index (χ0v) is 13.2. The van der Waals surface area contributed by atoms with Crippen molar-refractivity contribution in [2.45, 2.75) is 24.8 Å². The van der Waals surface area contributed by atoms with E-state index in [9.17, 15) is 13.2 Å². The number of hydrogen-bond donors (Lipinski definition) is 1. The quantitative estimate of drug-likeness (QED) is 0.875. The Morgan fingerprint density at radius 1 is 1.38 bits per heavy atom. The van der Waals surface area contributed by atoms with Crippen LogP contribution in [0.5, 0.6) is 0 Å². The minimum absolute atomic E-state index is 0.00757. The summed E-state index contributed by atoms with van der Waals surface area (Å²) in [7, 11) is -1.90. The van der Waals surface area contributed by atoms with Gasteiger partial charge in [-0.1, -0.05) is 12.1 Å². The molecule has 7 heteroatoms. The lowest BCUT2D eigenvalue weighted by molar-refractivity contribution is -0.146. The topological polar surface area (TPSA) is 75.7 Å². The van der Waals surface area contributed by atoms with Gasteiger partial charge in [-0.25, -0.2) is 13.1 Å². The molecular formula is C14H20N2O4S. The van der Waals surface area contributed by atoms with E-state index in [1.807, 2.05) is 13.0 Å². The highest BCUT2D eigenvalue weighted by Crippen LogP contribution is 2.16. The van der Waals surface area contributed by atoms with E-state index in [0.717, 1.165) is 5.56 Å². The van der Waals surface area contributed by atoms with Gasteiger partial charge >= 0.3 is 0 Å². The van der Waals surface area contributed by atoms with E-state index in [-0.39, 0.29) is 30.1 Å². The van der Waals surface area contributed by atoms with Crippen LogP contribution in [0.15, 0.2) is 23.1 Å². The summed E-state index contributed by atoms with van der Waals surface area (Å²) in [4.78, 5) is 13.1. The van der Waals surface area contributed by atoms with Crippen molar-refractivity contribution in [1.29, 1.82) is 0 Å². The standard InChI is InChI=1S/C14H20N2O4S/c1-10-4-5-11(2)13(6-10)21(18,19)15-7-12-8-16(3)14(17)9-20-12/h4-6,12,15H,7-9H2,1-3H3. The van der Waals surface area contributed by atoms with Crippen LogP contribution < -0.4 is 4.72 Å². The maximum atomic E-state index is 12.3. The van der Waals surface area contributed by atoms with Gasteiger partial charge in [-0.15, -0.1) is 0 Å². The number of benzene rings is 1. The maximum Gasteiger partial charge on any atom is 0.248 e. The van der Waals surface area contributed by atoms with Crippen LogP contribution in [0.4, 0.5) is 0 Å². The summed E-state index contributed by atoms with van der Waals surface area (Å²) in [6.45, 7) is 4.13. The van der Waals surface area contributed by atoms with E-state index in [0.29, 0.717) is 12.1 Å². The lowest BCUT2D eigenvalue weighted by Crippen LogP contribution is -2.48. The third-order valence-corrected chi connectivity index (χ3v) is 5.05. The predicted octanol–water partition coefficient (Wildman–Crippen LogP) is 0.439. The largest absolute Gasteiger partial charge is 0.365 e. The van der Waals surface area contributed by atoms with Crippen LogP contribution in [0, 0.1) is 13.8 Å². The number of morpholine rings is 1. The molecule has 116 valence electrons. The Morgan fingerprint density at radius 2 is 2.10 bits per heavy atom. The number of hydrogen-bond acceptors (Lipinski definition) is 4. The van der Waals surface area contributed by atoms with Crippen LogP contribution in [0.2, 0.25) is 0 Å². The number of likely N-dealkylation sites (N-methyl/N-ethyl adjacent to an activating group) is 1. The minimum Gasteiger partial charge on any atom is -0.365 e. The fourth-order valence-electron chi connectivity index (χ4n) is 2.16. The number of nitrogens with zero attached hydrogens (tertiary/aromatic N) is 1. The summed E-state index contributed by atoms with van der Waals surface area (Å²) in [6, 6.07) is 5.31. The first-order chi connectivity index (χ1) is 9.79. The molecule has 1 atom stereocenters. The third kappa shape index (κ3) is 3.81. The second kappa shape index (κ2) is 6.13. The first kappa shape index (κ1) is 15.9. The summed E-state index contributed by atoms with van der Waals surface area (Å²) >= 11 is 0. The highest BCUT2D eigenvalue weighted by molar-refractivity contribution is 7.89. The number of sulfonamides is 1. The van der Waals surface area contributed by atoms with Crippen molar-refractivity contribution >= 4 is 15.9 Å². The molecule has 6 nitrogen and oxygen atoms in total. The van der Waals surface area contributed by atoms with Crippen molar-refractivity contribution in [3.05, 3.63) is 29.3 Å². The summed E-state index contributed by atoms with van der Waals surface area (Å²) in [5, 5.41) is 0. The van der Waals surface area contributed by atoms with Crippen molar-refractivity contribution in [2.75, 3.05) is 26.7 Å². The van der Waals surface area contributed by atoms with E-state index in [2.05, 4.69) is 4.72 Å². The molecule has 2 rings (SSSR count). The number of nitrogens with one attached hydrogen (secondary N) is 1. The number of rotatable bonds is 4. The molecule has 1 aromatic carbocycles. The van der Waals surface area contributed by atoms with E-state index < -0.39 is 10.0 Å². The molecule has 1 heterocycles. The van der Waals surface area contributed by atoms with Crippen molar-refractivity contribution in [1.82, 2.24) is 9.62 Å². The van der Waals surface area contributed by atoms with Crippen molar-refractivity contribution in [2.24, 2.45) is 0 Å². The average molecular weight is 312 g/mol. The smallest absolute Gasteiger partial charge is 0.248 e. The normalized spacial score (nSPS) is 19.9. The summed E-state index contributed by atoms with van der Waals surface area (Å²) < 4.78 is 32.6. The summed E-state index contributed by atoms with van der Waals surface area (Å²) in [5.74, 6) is -0.0939. The molecule has 1 unspecified atom stereocenters. The van der Waals surface area contributed by atoms with Gasteiger partial charge in [0.1, 0.15) is 6.61 Å². The fourth-order valence-corrected chi connectivity index (χ4v) is 3.55. The van der Waals surface area contributed by atoms with E-state index >= 15 is 0 Å². The molecule has 0 bridgehead atoms. The van der Waals surface area contributed by atoms with Crippen molar-refractivity contribution in [3.8, 4) is 0 Å². The van der Waals surface area contributed by atoms with Crippen LogP contribution >= 0.6 is 0 Å². The first-order valence-electron chi connectivity index (χ1n) is 6.72. The SMILES string of the molecule is Cc1ccc(C)c(S(=O)(=O)NCC2CN(C)C(=O)CO2)c1. The van der Waals surface area contributed by atoms with E-state index in [1.54, 1.807) is 31.0 Å². The van der Waals surface area contributed by atoms with Crippen LogP contribution in [0.1, 0.15) is 11.1 Å². The number of amides is 1. The maximum absolute atomic E-state index is 12.3. The lowest BCUT2D eigenvalue weighted by Gasteiger charge is -2.29. The number of carbonyl (C=O) groups excluding carboxylic acids is 1. The monoisotopic (exact) mass is 312 g/mol. The number of carbonyl (C=O) groups is 1. The highest BCUT2D eigenvalue weighted by atomic mass is 32.2. The molecule has 0 aromatic heterocycles. The van der Waals surface area contributed by atoms with Gasteiger partial charge in [-0.3, -0.25) is 4.79 Å². The second-order valence-corrected chi connectivity index (χ2v) is 7.06. The highest BCUT2D eigenvalue weighted by Gasteiger charge is 2.25. The first-order valence-corrected chi connectivity index (χ1v) is 8.20. The molecule has 0 radical (unpaired) electrons. The van der Waals surface area contributed by atoms with Gasteiger partial charge in [0.25, 0.3) is 0 Å². The molecule has 1 saturated heterocycles. The number of ether oxygens (including phenoxy) is 1. The summed E-state index contributed by atoms with van der Waals surface area (Å²) in [6.07, 6.45) is -0.326. The molecule has 1 aliphatic rings. The van der Waals surface area contributed by atoms with E-state index in [4.69, 9.17) is 4.74 Å². The van der Waals surface area contributed by atoms with E-state index in [1.165, 1.54) is 0 Å². The Hall–Kier alpha value is -1.44. The molecule has 1 N–H and O–H groups in total. The molecule has 1 fully saturated rings. The van der Waals surface area contributed by atoms with Crippen molar-refractivity contribution < 1.29 is 17.9 Å². The molecule has 0 spiro atoms. The van der Waals surface area contributed by atoms with Crippen molar-refractivity contribution in [3.63, 3.8) is 0 Å². The zero-order valence-electron chi connectivity index (χ0n) is 12.4. The van der Waals surface area contributed by atoms with Crippen LogP contribution in [0.25, 0.3) is 0 Å². The molecule has 1 aromatic rings. The summed E-state index contributed by atoms with van der Waals surface area (Å²) in [5.41, 5.74) is 1.59. The van der Waals surface area contributed by atoms with Gasteiger partial charge in [-0.2, -0.15) is 0 Å². The molecule has 21 heavy (non-hydrogen) atoms. The van der Waals surface area contributed by atoms with Gasteiger partial charge in [0.05, 0.1) is 11.0 Å². The van der Waals surface area contributed by atoms with Gasteiger partial charge in [-0.05, 0) is 31.0 Å². The van der Waals surface area contributed by atoms with Gasteiger partial charge in [0.2, 0.25) is 15.9 Å². The predicted molar refractivity (Wildman–Crippen MR) is 78.5 cm³/mol. The molecule has 0 saturated carbocycles. The Balaban J connectivity index is 2.05. The molecule has 1 aliphatic heterocycles. The third-order valence-electron chi connectivity index (χ3n) is 3.48. The fraction of sp³-hybridized carbons (Fsp3) is 0.500. The van der Waals surface area contributed by atoms with Crippen LogP contribution in [0.3, 0.4) is 0 Å². The zero-order chi connectivity index (χ0) is 15.6. The Kier molecular flexibility index (Phi) is 4.65. The number of aryl methyl sites for hydroxylation is 2.